The lowest BCUT2D eigenvalue weighted by molar-refractivity contribution is -0.324. The van der Waals surface area contributed by atoms with E-state index in [4.69, 9.17) is 18.8 Å². The average Bonchev–Trinajstić information content (AvgIpc) is 2.97. The van der Waals surface area contributed by atoms with Gasteiger partial charge in [0.2, 0.25) is 0 Å². The van der Waals surface area contributed by atoms with Crippen LogP contribution in [0.4, 0.5) is 35.1 Å². The van der Waals surface area contributed by atoms with E-state index in [9.17, 15) is 53.4 Å². The molecule has 18 heteroatoms. The van der Waals surface area contributed by atoms with Crippen molar-refractivity contribution in [1.29, 1.82) is 0 Å². The molecule has 0 amide bonds. The number of fused-ring (bicyclic) bond motifs is 2. The van der Waals surface area contributed by atoms with Gasteiger partial charge in [-0.3, -0.25) is 9.35 Å². The van der Waals surface area contributed by atoms with Gasteiger partial charge < -0.3 is 24.1 Å². The van der Waals surface area contributed by atoms with E-state index in [-0.39, 0.29) is 38.0 Å². The van der Waals surface area contributed by atoms with Gasteiger partial charge in [-0.25, -0.2) is 0 Å². The van der Waals surface area contributed by atoms with Crippen LogP contribution >= 0.6 is 0 Å². The number of aliphatic hydroxyl groups excluding tert-OH is 1. The molecule has 0 aromatic heterocycles. The van der Waals surface area contributed by atoms with Gasteiger partial charge in [-0.1, -0.05) is 0 Å². The molecule has 1 aliphatic heterocycles. The molecule has 6 unspecified atom stereocenters. The maximum Gasteiger partial charge on any atom is 0.459 e. The lowest BCUT2D eigenvalue weighted by Gasteiger charge is -2.55. The predicted molar refractivity (Wildman–Crippen MR) is 105 cm³/mol. The van der Waals surface area contributed by atoms with Crippen LogP contribution in [0.5, 0.6) is 0 Å². The van der Waals surface area contributed by atoms with Crippen molar-refractivity contribution in [3.63, 3.8) is 0 Å². The van der Waals surface area contributed by atoms with Crippen LogP contribution < -0.4 is 0 Å². The number of carbonyl (C=O) groups excluding carboxylic acids is 1. The summed E-state index contributed by atoms with van der Waals surface area (Å²) in [5.74, 6) is -10.2. The maximum absolute atomic E-state index is 14.0. The predicted octanol–water partition coefficient (Wildman–Crippen LogP) is 2.62. The summed E-state index contributed by atoms with van der Waals surface area (Å²) in [6.45, 7) is -5.85. The largest absolute Gasteiger partial charge is 0.462 e. The van der Waals surface area contributed by atoms with Crippen LogP contribution in [0.15, 0.2) is 0 Å². The summed E-state index contributed by atoms with van der Waals surface area (Å²) in [5, 5.41) is 3.75. The molecule has 38 heavy (non-hydrogen) atoms. The third-order valence-corrected chi connectivity index (χ3v) is 8.83. The third-order valence-electron chi connectivity index (χ3n) is 7.94. The van der Waals surface area contributed by atoms with E-state index in [1.165, 1.54) is 0 Å². The number of ether oxygens (including phenoxy) is 4. The lowest BCUT2D eigenvalue weighted by Crippen LogP contribution is -2.59. The van der Waals surface area contributed by atoms with E-state index >= 15 is 0 Å². The Morgan fingerprint density at radius 1 is 1.00 bits per heavy atom. The second-order valence-corrected chi connectivity index (χ2v) is 11.9. The van der Waals surface area contributed by atoms with E-state index in [1.54, 1.807) is 0 Å². The number of aliphatic hydroxyl groups is 1. The Labute approximate surface area is 210 Å². The molecule has 4 aliphatic rings. The van der Waals surface area contributed by atoms with Crippen LogP contribution in [-0.4, -0.2) is 92.0 Å². The van der Waals surface area contributed by atoms with Gasteiger partial charge in [0.15, 0.2) is 0 Å². The zero-order valence-electron chi connectivity index (χ0n) is 19.4. The molecule has 4 fully saturated rings. The van der Waals surface area contributed by atoms with Gasteiger partial charge in [0.25, 0.3) is 0 Å². The summed E-state index contributed by atoms with van der Waals surface area (Å²) in [4.78, 5) is 13.0. The van der Waals surface area contributed by atoms with E-state index in [0.29, 0.717) is 0 Å². The number of halogens is 8. The van der Waals surface area contributed by atoms with Crippen LogP contribution in [0.3, 0.4) is 0 Å². The fourth-order valence-electron chi connectivity index (χ4n) is 6.04. The van der Waals surface area contributed by atoms with Crippen molar-refractivity contribution in [2.45, 2.75) is 73.6 Å². The van der Waals surface area contributed by atoms with Crippen LogP contribution in [0.2, 0.25) is 0 Å². The minimum absolute atomic E-state index is 0.0707. The summed E-state index contributed by atoms with van der Waals surface area (Å²) in [5.41, 5.74) is -2.18. The molecule has 2 N–H and O–H groups in total. The summed E-state index contributed by atoms with van der Waals surface area (Å²) in [7, 11) is -6.57. The topological polar surface area (TPSA) is 129 Å². The number of alkyl halides is 8. The molecule has 1 spiro atoms. The van der Waals surface area contributed by atoms with E-state index in [0.717, 1.165) is 0 Å². The van der Waals surface area contributed by atoms with Gasteiger partial charge >= 0.3 is 39.3 Å². The molecular formula is C20H24F8O9S. The van der Waals surface area contributed by atoms with Crippen molar-refractivity contribution >= 4 is 16.1 Å². The second-order valence-electron chi connectivity index (χ2n) is 10.4. The minimum atomic E-state index is -6.57. The van der Waals surface area contributed by atoms with Crippen LogP contribution in [0, 0.1) is 16.7 Å². The van der Waals surface area contributed by atoms with Crippen molar-refractivity contribution in [3.8, 4) is 0 Å². The molecule has 9 nitrogen and oxygen atoms in total. The maximum atomic E-state index is 14.0. The SMILES string of the molecule is O=C(OCC(O)COC(F)(F)C(F)(F)S(=O)(=O)O)C12CC3CC4(C1)C(CC4OCC(F)(F)C(F)(F)CO3)C2. The average molecular weight is 592 g/mol. The monoisotopic (exact) mass is 592 g/mol. The molecule has 0 aromatic carbocycles. The van der Waals surface area contributed by atoms with E-state index < -0.39 is 94.9 Å². The summed E-state index contributed by atoms with van der Waals surface area (Å²) in [6.07, 6.45) is -9.34. The molecule has 4 rings (SSSR count). The standard InChI is InChI=1S/C20H24F8O9S/c21-17(22)8-35-12-3-15(2-10-1-13(16(10,4-12)7-15)36-9-18(17,23)24)14(30)34-5-11(29)6-37-19(25,26)20(27,28)38(31,32)33/h10-13,29H,1-9H2,(H,31,32,33). The Hall–Kier alpha value is -1.34. The number of rotatable bonds is 8. The number of carbonyl (C=O) groups is 1. The molecule has 6 atom stereocenters. The van der Waals surface area contributed by atoms with Gasteiger partial charge in [0.1, 0.15) is 25.9 Å². The minimum Gasteiger partial charge on any atom is -0.462 e. The first-order chi connectivity index (χ1) is 17.2. The van der Waals surface area contributed by atoms with Crippen molar-refractivity contribution in [2.24, 2.45) is 16.7 Å². The molecule has 0 radical (unpaired) electrons. The first-order valence-corrected chi connectivity index (χ1v) is 12.8. The quantitative estimate of drug-likeness (QED) is 0.248. The van der Waals surface area contributed by atoms with Gasteiger partial charge in [-0.05, 0) is 38.0 Å². The highest BCUT2D eigenvalue weighted by atomic mass is 32.2. The molecule has 0 aromatic rings. The Bertz CT molecular complexity index is 1060. The Morgan fingerprint density at radius 2 is 1.61 bits per heavy atom. The van der Waals surface area contributed by atoms with Gasteiger partial charge in [-0.2, -0.15) is 43.5 Å². The highest BCUT2D eigenvalue weighted by Crippen LogP contribution is 2.71. The highest BCUT2D eigenvalue weighted by Gasteiger charge is 2.72. The number of hydrogen-bond donors (Lipinski definition) is 2. The van der Waals surface area contributed by atoms with E-state index in [2.05, 4.69) is 4.74 Å². The number of esters is 1. The molecule has 1 saturated heterocycles. The van der Waals surface area contributed by atoms with Crippen LogP contribution in [0.25, 0.3) is 0 Å². The molecular weight excluding hydrogens is 568 g/mol. The molecule has 3 aliphatic carbocycles. The lowest BCUT2D eigenvalue weighted by atomic mass is 9.55. The fraction of sp³-hybridized carbons (Fsp3) is 0.950. The summed E-state index contributed by atoms with van der Waals surface area (Å²) in [6, 6.07) is 0. The van der Waals surface area contributed by atoms with Crippen LogP contribution in [0.1, 0.15) is 32.1 Å². The van der Waals surface area contributed by atoms with E-state index in [1.807, 2.05) is 0 Å². The smallest absolute Gasteiger partial charge is 0.459 e. The van der Waals surface area contributed by atoms with Crippen molar-refractivity contribution in [3.05, 3.63) is 0 Å². The van der Waals surface area contributed by atoms with Crippen LogP contribution in [-0.2, 0) is 33.9 Å². The second kappa shape index (κ2) is 9.09. The first-order valence-electron chi connectivity index (χ1n) is 11.4. The van der Waals surface area contributed by atoms with Crippen molar-refractivity contribution < 1.29 is 76.9 Å². The zero-order chi connectivity index (χ0) is 28.6. The van der Waals surface area contributed by atoms with Crippen molar-refractivity contribution in [1.82, 2.24) is 0 Å². The van der Waals surface area contributed by atoms with Gasteiger partial charge in [0.05, 0.1) is 24.2 Å². The Kier molecular flexibility index (Phi) is 7.09. The first kappa shape index (κ1) is 29.6. The molecule has 220 valence electrons. The highest BCUT2D eigenvalue weighted by molar-refractivity contribution is 7.86. The van der Waals surface area contributed by atoms with Gasteiger partial charge in [-0.15, -0.1) is 0 Å². The van der Waals surface area contributed by atoms with Crippen molar-refractivity contribution in [2.75, 3.05) is 26.4 Å². The molecule has 1 heterocycles. The fourth-order valence-corrected chi connectivity index (χ4v) is 6.40. The summed E-state index contributed by atoms with van der Waals surface area (Å²) < 4.78 is 157. The normalized spacial score (nSPS) is 37.2. The third kappa shape index (κ3) is 4.67. The Morgan fingerprint density at radius 3 is 2.21 bits per heavy atom. The van der Waals surface area contributed by atoms with Gasteiger partial charge in [0, 0.05) is 5.41 Å². The number of hydrogen-bond acceptors (Lipinski definition) is 8. The summed E-state index contributed by atoms with van der Waals surface area (Å²) >= 11 is 0. The molecule has 3 bridgehead atoms. The molecule has 3 saturated carbocycles. The Balaban J connectivity index is 1.41. The zero-order valence-corrected chi connectivity index (χ0v) is 20.2.